The number of carboxylic acids is 1. The summed E-state index contributed by atoms with van der Waals surface area (Å²) in [6.07, 6.45) is 0. The van der Waals surface area contributed by atoms with Gasteiger partial charge in [-0.05, 0) is 13.8 Å². The van der Waals surface area contributed by atoms with Crippen LogP contribution in [-0.2, 0) is 14.4 Å². The molecule has 100 valence electrons. The zero-order valence-electron chi connectivity index (χ0n) is 10.1. The summed E-state index contributed by atoms with van der Waals surface area (Å²) < 4.78 is -0.727. The number of thioether (sulfide) groups is 1. The number of aliphatic carboxylic acids is 1. The molecule has 0 unspecified atom stereocenters. The minimum atomic E-state index is -1.99. The normalized spacial score (nSPS) is 36.9. The van der Waals surface area contributed by atoms with Crippen LogP contribution in [0.4, 0.5) is 0 Å². The minimum Gasteiger partial charge on any atom is -0.480 e. The molecule has 2 aliphatic heterocycles. The average Bonchev–Trinajstić information content (AvgIpc) is 2.47. The summed E-state index contributed by atoms with van der Waals surface area (Å²) in [5.41, 5.74) is -1.99. The monoisotopic (exact) mass is 274 g/mol. The van der Waals surface area contributed by atoms with Crippen LogP contribution in [-0.4, -0.2) is 54.8 Å². The van der Waals surface area contributed by atoms with E-state index in [1.54, 1.807) is 13.8 Å². The maximum Gasteiger partial charge on any atom is 0.327 e. The Morgan fingerprint density at radius 1 is 1.44 bits per heavy atom. The number of aliphatic hydroxyl groups is 1. The van der Waals surface area contributed by atoms with Crippen LogP contribution in [0.1, 0.15) is 20.8 Å². The fourth-order valence-corrected chi connectivity index (χ4v) is 4.01. The van der Waals surface area contributed by atoms with Gasteiger partial charge in [-0.15, -0.1) is 11.8 Å². The molecule has 2 amide bonds. The third kappa shape index (κ3) is 1.52. The number of hydrogen-bond donors (Lipinski definition) is 3. The van der Waals surface area contributed by atoms with Gasteiger partial charge in [0.05, 0.1) is 0 Å². The van der Waals surface area contributed by atoms with Crippen molar-refractivity contribution in [3.8, 4) is 0 Å². The molecule has 0 aromatic carbocycles. The number of hydrogen-bond acceptors (Lipinski definition) is 5. The number of nitrogens with zero attached hydrogens (tertiary/aromatic N) is 1. The number of nitrogens with one attached hydrogen (secondary N) is 1. The van der Waals surface area contributed by atoms with E-state index in [-0.39, 0.29) is 0 Å². The Kier molecular flexibility index (Phi) is 2.64. The molecule has 0 aliphatic carbocycles. The Morgan fingerprint density at radius 2 is 2.00 bits per heavy atom. The highest BCUT2D eigenvalue weighted by Gasteiger charge is 2.71. The molecule has 7 nitrogen and oxygen atoms in total. The van der Waals surface area contributed by atoms with Gasteiger partial charge in [0.1, 0.15) is 11.4 Å². The fourth-order valence-electron chi connectivity index (χ4n) is 2.43. The lowest BCUT2D eigenvalue weighted by Crippen LogP contribution is -2.79. The van der Waals surface area contributed by atoms with Crippen molar-refractivity contribution in [2.45, 2.75) is 42.7 Å². The Hall–Kier alpha value is -1.28. The molecule has 0 aromatic heterocycles. The van der Waals surface area contributed by atoms with E-state index in [9.17, 15) is 19.5 Å². The molecule has 0 saturated carbocycles. The first-order valence-electron chi connectivity index (χ1n) is 5.36. The van der Waals surface area contributed by atoms with Gasteiger partial charge in [-0.3, -0.25) is 9.59 Å². The minimum absolute atomic E-state index is 0.539. The molecule has 2 heterocycles. The van der Waals surface area contributed by atoms with Crippen LogP contribution in [0.25, 0.3) is 0 Å². The summed E-state index contributed by atoms with van der Waals surface area (Å²) in [7, 11) is 0. The summed E-state index contributed by atoms with van der Waals surface area (Å²) in [6.45, 7) is 4.57. The number of carboxylic acid groups (broad SMARTS) is 1. The number of carbonyl (C=O) groups is 3. The summed E-state index contributed by atoms with van der Waals surface area (Å²) in [6, 6.07) is -1.01. The number of amides is 2. The van der Waals surface area contributed by atoms with Crippen LogP contribution in [0, 0.1) is 0 Å². The zero-order chi connectivity index (χ0) is 13.9. The lowest BCUT2D eigenvalue weighted by atomic mass is 9.93. The van der Waals surface area contributed by atoms with Crippen LogP contribution < -0.4 is 5.32 Å². The van der Waals surface area contributed by atoms with Gasteiger partial charge in [0.25, 0.3) is 5.91 Å². The highest BCUT2D eigenvalue weighted by Crippen LogP contribution is 2.53. The SMILES string of the molecule is CC(=O)N[C@@]1(O)C(=O)N2[C@@H](C(=O)O)C(C)(C)S[C@@H]21. The van der Waals surface area contributed by atoms with Crippen LogP contribution in [0.3, 0.4) is 0 Å². The van der Waals surface area contributed by atoms with Crippen LogP contribution in [0.15, 0.2) is 0 Å². The Balaban J connectivity index is 2.32. The predicted octanol–water partition coefficient (Wildman–Crippen LogP) is -1.04. The van der Waals surface area contributed by atoms with Crippen molar-refractivity contribution in [2.75, 3.05) is 0 Å². The second-order valence-electron chi connectivity index (χ2n) is 4.97. The van der Waals surface area contributed by atoms with Crippen molar-refractivity contribution in [1.29, 1.82) is 0 Å². The lowest BCUT2D eigenvalue weighted by molar-refractivity contribution is -0.194. The number of rotatable bonds is 2. The second kappa shape index (κ2) is 3.61. The first-order chi connectivity index (χ1) is 8.11. The first-order valence-corrected chi connectivity index (χ1v) is 6.24. The van der Waals surface area contributed by atoms with Crippen molar-refractivity contribution in [3.05, 3.63) is 0 Å². The molecule has 18 heavy (non-hydrogen) atoms. The van der Waals surface area contributed by atoms with Gasteiger partial charge in [-0.1, -0.05) is 0 Å². The van der Waals surface area contributed by atoms with Crippen molar-refractivity contribution >= 4 is 29.5 Å². The number of fused-ring (bicyclic) bond motifs is 1. The van der Waals surface area contributed by atoms with Gasteiger partial charge in [-0.25, -0.2) is 4.79 Å². The molecule has 2 fully saturated rings. The van der Waals surface area contributed by atoms with Crippen LogP contribution >= 0.6 is 11.8 Å². The topological polar surface area (TPSA) is 107 Å². The summed E-state index contributed by atoms with van der Waals surface area (Å²) in [5, 5.41) is 20.7. The fraction of sp³-hybridized carbons (Fsp3) is 0.700. The highest BCUT2D eigenvalue weighted by molar-refractivity contribution is 8.01. The largest absolute Gasteiger partial charge is 0.480 e. The van der Waals surface area contributed by atoms with E-state index in [2.05, 4.69) is 5.32 Å². The van der Waals surface area contributed by atoms with Crippen LogP contribution in [0.2, 0.25) is 0 Å². The van der Waals surface area contributed by atoms with Crippen LogP contribution in [0.5, 0.6) is 0 Å². The third-order valence-corrected chi connectivity index (χ3v) is 4.75. The Labute approximate surface area is 108 Å². The van der Waals surface area contributed by atoms with Crippen molar-refractivity contribution in [1.82, 2.24) is 10.2 Å². The maximum absolute atomic E-state index is 11.9. The number of carbonyl (C=O) groups excluding carboxylic acids is 2. The first kappa shape index (κ1) is 13.2. The van der Waals surface area contributed by atoms with E-state index in [0.717, 1.165) is 4.90 Å². The Morgan fingerprint density at radius 3 is 2.44 bits per heavy atom. The van der Waals surface area contributed by atoms with Gasteiger partial charge in [0.15, 0.2) is 0 Å². The van der Waals surface area contributed by atoms with Gasteiger partial charge in [-0.2, -0.15) is 0 Å². The molecule has 8 heteroatoms. The van der Waals surface area contributed by atoms with E-state index in [1.165, 1.54) is 18.7 Å². The maximum atomic E-state index is 11.9. The quantitative estimate of drug-likeness (QED) is 0.438. The van der Waals surface area contributed by atoms with E-state index in [0.29, 0.717) is 0 Å². The van der Waals surface area contributed by atoms with E-state index in [1.807, 2.05) is 0 Å². The van der Waals surface area contributed by atoms with Gasteiger partial charge >= 0.3 is 5.97 Å². The summed E-state index contributed by atoms with van der Waals surface area (Å²) in [4.78, 5) is 35.2. The zero-order valence-corrected chi connectivity index (χ0v) is 10.9. The van der Waals surface area contributed by atoms with Crippen molar-refractivity contribution in [2.24, 2.45) is 0 Å². The second-order valence-corrected chi connectivity index (χ2v) is 6.71. The van der Waals surface area contributed by atoms with Crippen molar-refractivity contribution in [3.63, 3.8) is 0 Å². The smallest absolute Gasteiger partial charge is 0.327 e. The number of β-lactam (4-membered cyclic amide) rings is 1. The molecule has 2 saturated heterocycles. The van der Waals surface area contributed by atoms with Gasteiger partial charge in [0, 0.05) is 11.7 Å². The van der Waals surface area contributed by atoms with E-state index in [4.69, 9.17) is 5.11 Å². The Bertz CT molecular complexity index is 452. The lowest BCUT2D eigenvalue weighted by Gasteiger charge is -2.49. The average molecular weight is 274 g/mol. The van der Waals surface area contributed by atoms with Crippen molar-refractivity contribution < 1.29 is 24.6 Å². The summed E-state index contributed by atoms with van der Waals surface area (Å²) in [5.74, 6) is -2.43. The molecular weight excluding hydrogens is 260 g/mol. The molecule has 0 bridgehead atoms. The molecule has 0 radical (unpaired) electrons. The molecule has 2 aliphatic rings. The molecule has 2 rings (SSSR count). The third-order valence-electron chi connectivity index (χ3n) is 3.12. The molecule has 3 atom stereocenters. The standard InChI is InChI=1S/C10H14N2O5S/c1-4(13)11-10(17)7(16)12-5(6(14)15)9(2,3)18-8(10)12/h5,8,17H,1-3H3,(H,11,13)(H,14,15)/t5-,8+,10+/m0/s1. The molecule has 0 aromatic rings. The predicted molar refractivity (Wildman–Crippen MR) is 62.5 cm³/mol. The molecule has 0 spiro atoms. The summed E-state index contributed by atoms with van der Waals surface area (Å²) >= 11 is 1.17. The van der Waals surface area contributed by atoms with E-state index >= 15 is 0 Å². The van der Waals surface area contributed by atoms with E-state index < -0.39 is 39.7 Å². The van der Waals surface area contributed by atoms with Gasteiger partial charge < -0.3 is 20.4 Å². The highest BCUT2D eigenvalue weighted by atomic mass is 32.2. The van der Waals surface area contributed by atoms with Gasteiger partial charge in [0.2, 0.25) is 11.6 Å². The molecular formula is C10H14N2O5S. The molecule has 3 N–H and O–H groups in total.